The first-order valence-electron chi connectivity index (χ1n) is 8.95. The Morgan fingerprint density at radius 3 is 2.62 bits per heavy atom. The fraction of sp³-hybridized carbons (Fsp3) is 0.368. The molecule has 2 unspecified atom stereocenters. The van der Waals surface area contributed by atoms with Crippen molar-refractivity contribution in [3.05, 3.63) is 64.0 Å². The van der Waals surface area contributed by atoms with Crippen molar-refractivity contribution in [1.29, 1.82) is 0 Å². The van der Waals surface area contributed by atoms with Crippen LogP contribution in [0.25, 0.3) is 0 Å². The average Bonchev–Trinajstić information content (AvgIpc) is 3.52. The van der Waals surface area contributed by atoms with Crippen LogP contribution >= 0.6 is 24.8 Å². The second kappa shape index (κ2) is 10.9. The molecule has 4 N–H and O–H groups in total. The Kier molecular flexibility index (Phi) is 9.29. The highest BCUT2D eigenvalue weighted by Crippen LogP contribution is 2.31. The van der Waals surface area contributed by atoms with Crippen LogP contribution in [0.5, 0.6) is 0 Å². The van der Waals surface area contributed by atoms with E-state index in [1.54, 1.807) is 24.4 Å². The van der Waals surface area contributed by atoms with Crippen molar-refractivity contribution in [2.75, 3.05) is 11.9 Å². The number of halogens is 2. The maximum atomic E-state index is 12.3. The molecule has 0 spiro atoms. The number of amides is 1. The second-order valence-electron chi connectivity index (χ2n) is 6.82. The number of rotatable bonds is 8. The number of aromatic nitrogens is 1. The topological polar surface area (TPSA) is 123 Å². The van der Waals surface area contributed by atoms with Crippen molar-refractivity contribution < 1.29 is 9.72 Å². The first-order chi connectivity index (χ1) is 13.0. The van der Waals surface area contributed by atoms with Crippen LogP contribution in [0.15, 0.2) is 42.6 Å². The standard InChI is InChI=1S/C19H23N5O3.2ClH/c1-12(16-4-2-3-9-21-16)23-17-8-7-14(10-18(17)24(26)27)19(25)22-11-15(20)13-5-6-13;;/h2-4,7-10,12-13,15,23H,5-6,11,20H2,1H3,(H,22,25);2*1H. The van der Waals surface area contributed by atoms with Gasteiger partial charge in [-0.1, -0.05) is 6.07 Å². The van der Waals surface area contributed by atoms with Gasteiger partial charge in [0.05, 0.1) is 16.7 Å². The van der Waals surface area contributed by atoms with Gasteiger partial charge in [0.1, 0.15) is 5.69 Å². The lowest BCUT2D eigenvalue weighted by Gasteiger charge is -2.15. The van der Waals surface area contributed by atoms with Gasteiger partial charge in [-0.05, 0) is 49.9 Å². The molecule has 2 aromatic rings. The number of carbonyl (C=O) groups is 1. The summed E-state index contributed by atoms with van der Waals surface area (Å²) < 4.78 is 0. The van der Waals surface area contributed by atoms with E-state index in [4.69, 9.17) is 5.73 Å². The van der Waals surface area contributed by atoms with E-state index in [2.05, 4.69) is 15.6 Å². The molecule has 8 nitrogen and oxygen atoms in total. The Bertz CT molecular complexity index is 834. The summed E-state index contributed by atoms with van der Waals surface area (Å²) in [5.41, 5.74) is 7.16. The van der Waals surface area contributed by atoms with E-state index in [1.165, 1.54) is 6.07 Å². The first-order valence-corrected chi connectivity index (χ1v) is 8.95. The molecule has 1 aliphatic carbocycles. The van der Waals surface area contributed by atoms with Crippen LogP contribution in [-0.4, -0.2) is 28.4 Å². The number of pyridine rings is 1. The molecule has 29 heavy (non-hydrogen) atoms. The number of hydrogen-bond acceptors (Lipinski definition) is 6. The van der Waals surface area contributed by atoms with Gasteiger partial charge in [-0.2, -0.15) is 0 Å². The van der Waals surface area contributed by atoms with Crippen molar-refractivity contribution in [2.24, 2.45) is 11.7 Å². The zero-order valence-corrected chi connectivity index (χ0v) is 17.5. The summed E-state index contributed by atoms with van der Waals surface area (Å²) in [6.45, 7) is 2.24. The number of carbonyl (C=O) groups excluding carboxylic acids is 1. The molecule has 1 aromatic carbocycles. The van der Waals surface area contributed by atoms with Crippen LogP contribution in [0.1, 0.15) is 41.9 Å². The molecule has 2 atom stereocenters. The Morgan fingerprint density at radius 1 is 1.31 bits per heavy atom. The number of nitrogens with one attached hydrogen (secondary N) is 2. The molecule has 0 aliphatic heterocycles. The van der Waals surface area contributed by atoms with Crippen LogP contribution in [0.3, 0.4) is 0 Å². The van der Waals surface area contributed by atoms with E-state index in [-0.39, 0.29) is 54.1 Å². The smallest absolute Gasteiger partial charge is 0.293 e. The van der Waals surface area contributed by atoms with Crippen LogP contribution < -0.4 is 16.4 Å². The zero-order chi connectivity index (χ0) is 19.4. The van der Waals surface area contributed by atoms with Gasteiger partial charge in [-0.3, -0.25) is 19.9 Å². The van der Waals surface area contributed by atoms with E-state index in [0.717, 1.165) is 18.5 Å². The Labute approximate surface area is 181 Å². The fourth-order valence-corrected chi connectivity index (χ4v) is 2.89. The Morgan fingerprint density at radius 2 is 2.03 bits per heavy atom. The molecule has 1 aliphatic rings. The molecule has 0 radical (unpaired) electrons. The molecule has 158 valence electrons. The van der Waals surface area contributed by atoms with Gasteiger partial charge in [-0.25, -0.2) is 0 Å². The SMILES string of the molecule is CC(Nc1ccc(C(=O)NCC(N)C2CC2)cc1[N+](=O)[O-])c1ccccn1.Cl.Cl. The predicted molar refractivity (Wildman–Crippen MR) is 117 cm³/mol. The maximum Gasteiger partial charge on any atom is 0.293 e. The summed E-state index contributed by atoms with van der Waals surface area (Å²) in [7, 11) is 0. The number of nitro benzene ring substituents is 1. The molecule has 1 fully saturated rings. The Hall–Kier alpha value is -2.42. The molecule has 1 heterocycles. The summed E-state index contributed by atoms with van der Waals surface area (Å²) in [4.78, 5) is 27.5. The lowest BCUT2D eigenvalue weighted by atomic mass is 10.1. The summed E-state index contributed by atoms with van der Waals surface area (Å²) >= 11 is 0. The molecule has 0 saturated heterocycles. The molecular formula is C19H25Cl2N5O3. The monoisotopic (exact) mass is 441 g/mol. The van der Waals surface area contributed by atoms with Gasteiger partial charge in [0, 0.05) is 30.4 Å². The van der Waals surface area contributed by atoms with E-state index in [0.29, 0.717) is 18.2 Å². The molecule has 0 bridgehead atoms. The third kappa shape index (κ3) is 6.56. The minimum absolute atomic E-state index is 0. The van der Waals surface area contributed by atoms with Gasteiger partial charge in [0.2, 0.25) is 0 Å². The maximum absolute atomic E-state index is 12.3. The quantitative estimate of drug-likeness (QED) is 0.425. The van der Waals surface area contributed by atoms with Gasteiger partial charge < -0.3 is 16.4 Å². The van der Waals surface area contributed by atoms with Gasteiger partial charge in [0.25, 0.3) is 11.6 Å². The summed E-state index contributed by atoms with van der Waals surface area (Å²) in [6, 6.07) is 9.62. The van der Waals surface area contributed by atoms with Gasteiger partial charge >= 0.3 is 0 Å². The van der Waals surface area contributed by atoms with Gasteiger partial charge in [0.15, 0.2) is 0 Å². The predicted octanol–water partition coefficient (Wildman–Crippen LogP) is 3.47. The number of nitrogens with zero attached hydrogens (tertiary/aromatic N) is 2. The van der Waals surface area contributed by atoms with Crippen LogP contribution in [0.2, 0.25) is 0 Å². The van der Waals surface area contributed by atoms with Crippen molar-refractivity contribution in [2.45, 2.75) is 31.8 Å². The van der Waals surface area contributed by atoms with E-state index < -0.39 is 4.92 Å². The lowest BCUT2D eigenvalue weighted by Crippen LogP contribution is -2.38. The summed E-state index contributed by atoms with van der Waals surface area (Å²) in [6.07, 6.45) is 3.86. The van der Waals surface area contributed by atoms with E-state index in [9.17, 15) is 14.9 Å². The normalized spacial score (nSPS) is 14.6. The van der Waals surface area contributed by atoms with Crippen LogP contribution in [-0.2, 0) is 0 Å². The first kappa shape index (κ1) is 24.6. The minimum Gasteiger partial charge on any atom is -0.371 e. The largest absolute Gasteiger partial charge is 0.371 e. The summed E-state index contributed by atoms with van der Waals surface area (Å²) in [5, 5.41) is 17.3. The molecule has 1 aromatic heterocycles. The van der Waals surface area contributed by atoms with Gasteiger partial charge in [-0.15, -0.1) is 24.8 Å². The number of nitrogens with two attached hydrogens (primary N) is 1. The van der Waals surface area contributed by atoms with Crippen LogP contribution in [0, 0.1) is 16.0 Å². The molecule has 3 rings (SSSR count). The Balaban J connectivity index is 0.00000210. The second-order valence-corrected chi connectivity index (χ2v) is 6.82. The number of hydrogen-bond donors (Lipinski definition) is 3. The van der Waals surface area contributed by atoms with Crippen molar-refractivity contribution in [1.82, 2.24) is 10.3 Å². The average molecular weight is 442 g/mol. The van der Waals surface area contributed by atoms with E-state index in [1.807, 2.05) is 19.1 Å². The van der Waals surface area contributed by atoms with Crippen molar-refractivity contribution in [3.63, 3.8) is 0 Å². The van der Waals surface area contributed by atoms with Crippen LogP contribution in [0.4, 0.5) is 11.4 Å². The fourth-order valence-electron chi connectivity index (χ4n) is 2.89. The highest BCUT2D eigenvalue weighted by molar-refractivity contribution is 5.95. The zero-order valence-electron chi connectivity index (χ0n) is 15.9. The molecule has 1 amide bonds. The minimum atomic E-state index is -0.500. The number of benzene rings is 1. The molecule has 10 heteroatoms. The highest BCUT2D eigenvalue weighted by Gasteiger charge is 2.28. The highest BCUT2D eigenvalue weighted by atomic mass is 35.5. The van der Waals surface area contributed by atoms with Crippen molar-refractivity contribution in [3.8, 4) is 0 Å². The molecule has 1 saturated carbocycles. The number of anilines is 1. The number of nitro groups is 1. The third-order valence-electron chi connectivity index (χ3n) is 4.69. The molecular weight excluding hydrogens is 417 g/mol. The third-order valence-corrected chi connectivity index (χ3v) is 4.69. The van der Waals surface area contributed by atoms with E-state index >= 15 is 0 Å². The lowest BCUT2D eigenvalue weighted by molar-refractivity contribution is -0.384. The van der Waals surface area contributed by atoms with Crippen molar-refractivity contribution >= 4 is 42.1 Å². The summed E-state index contributed by atoms with van der Waals surface area (Å²) in [5.74, 6) is 0.109.